The fourth-order valence-corrected chi connectivity index (χ4v) is 6.28. The smallest absolute Gasteiger partial charge is 0.223 e. The van der Waals surface area contributed by atoms with Crippen LogP contribution in [0.2, 0.25) is 0 Å². The lowest BCUT2D eigenvalue weighted by molar-refractivity contribution is -0.145. The Morgan fingerprint density at radius 2 is 1.75 bits per heavy atom. The van der Waals surface area contributed by atoms with E-state index in [1.54, 1.807) is 0 Å². The molecule has 178 valence electrons. The van der Waals surface area contributed by atoms with Crippen LogP contribution in [0.1, 0.15) is 29.0 Å². The summed E-state index contributed by atoms with van der Waals surface area (Å²) in [6.45, 7) is 1.50. The molecule has 2 aliphatic heterocycles. The maximum absolute atomic E-state index is 6.99. The Morgan fingerprint density at radius 3 is 2.58 bits per heavy atom. The van der Waals surface area contributed by atoms with Gasteiger partial charge in [0.05, 0.1) is 5.52 Å². The monoisotopic (exact) mass is 536 g/mol. The quantitative estimate of drug-likeness (QED) is 0.221. The molecule has 0 saturated carbocycles. The normalized spacial score (nSPS) is 21.7. The molecule has 0 N–H and O–H groups in total. The minimum absolute atomic E-state index is 0.0998. The first-order valence-corrected chi connectivity index (χ1v) is 13.1. The fourth-order valence-electron chi connectivity index (χ4n) is 5.90. The molecule has 2 atom stereocenters. The van der Waals surface area contributed by atoms with Crippen molar-refractivity contribution < 1.29 is 9.47 Å². The van der Waals surface area contributed by atoms with Gasteiger partial charge in [-0.05, 0) is 71.8 Å². The topological polar surface area (TPSA) is 34.6 Å². The highest BCUT2D eigenvalue weighted by atomic mass is 79.9. The number of benzene rings is 4. The highest BCUT2D eigenvalue weighted by Crippen LogP contribution is 2.54. The molecular weight excluding hydrogens is 512 g/mol. The second kappa shape index (κ2) is 8.41. The van der Waals surface area contributed by atoms with Crippen LogP contribution in [0.3, 0.4) is 0 Å². The molecule has 0 aliphatic carbocycles. The molecule has 0 radical (unpaired) electrons. The van der Waals surface area contributed by atoms with Gasteiger partial charge in [-0.2, -0.15) is 0 Å². The molecule has 2 bridgehead atoms. The predicted octanol–water partition coefficient (Wildman–Crippen LogP) is 7.59. The second-order valence-electron chi connectivity index (χ2n) is 9.85. The molecule has 36 heavy (non-hydrogen) atoms. The van der Waals surface area contributed by atoms with Gasteiger partial charge in [0.15, 0.2) is 0 Å². The Bertz CT molecular complexity index is 1610. The van der Waals surface area contributed by atoms with E-state index < -0.39 is 5.60 Å². The van der Waals surface area contributed by atoms with Gasteiger partial charge in [0.25, 0.3) is 0 Å². The number of nitrogens with zero attached hydrogens (tertiary/aromatic N) is 2. The van der Waals surface area contributed by atoms with E-state index >= 15 is 0 Å². The molecule has 2 aliphatic rings. The molecule has 0 unspecified atom stereocenters. The summed E-state index contributed by atoms with van der Waals surface area (Å²) in [5.41, 5.74) is 3.75. The van der Waals surface area contributed by atoms with Crippen molar-refractivity contribution in [1.29, 1.82) is 0 Å². The van der Waals surface area contributed by atoms with Crippen molar-refractivity contribution in [3.8, 4) is 11.6 Å². The molecular formula is C31H25BrN2O2. The lowest BCUT2D eigenvalue weighted by atomic mass is 9.69. The number of rotatable bonds is 1. The summed E-state index contributed by atoms with van der Waals surface area (Å²) in [4.78, 5) is 7.29. The molecule has 7 rings (SSSR count). The van der Waals surface area contributed by atoms with E-state index in [-0.39, 0.29) is 5.92 Å². The van der Waals surface area contributed by atoms with Crippen LogP contribution in [0.5, 0.6) is 11.6 Å². The average Bonchev–Trinajstić information content (AvgIpc) is 2.90. The number of halogens is 1. The van der Waals surface area contributed by atoms with Gasteiger partial charge in [0, 0.05) is 27.9 Å². The van der Waals surface area contributed by atoms with Crippen LogP contribution >= 0.6 is 15.9 Å². The Labute approximate surface area is 218 Å². The van der Waals surface area contributed by atoms with Gasteiger partial charge in [0.2, 0.25) is 5.88 Å². The van der Waals surface area contributed by atoms with Gasteiger partial charge < -0.3 is 9.47 Å². The molecule has 3 heterocycles. The zero-order valence-corrected chi connectivity index (χ0v) is 21.5. The van der Waals surface area contributed by atoms with Crippen molar-refractivity contribution in [2.24, 2.45) is 0 Å². The van der Waals surface area contributed by atoms with Crippen molar-refractivity contribution >= 4 is 37.6 Å². The zero-order chi connectivity index (χ0) is 24.3. The van der Waals surface area contributed by atoms with Crippen molar-refractivity contribution in [1.82, 2.24) is 9.88 Å². The van der Waals surface area contributed by atoms with E-state index in [2.05, 4.69) is 107 Å². The molecule has 1 saturated heterocycles. The largest absolute Gasteiger partial charge is 0.439 e. The molecule has 4 aromatic carbocycles. The van der Waals surface area contributed by atoms with Gasteiger partial charge in [0.1, 0.15) is 18.1 Å². The van der Waals surface area contributed by atoms with Crippen LogP contribution in [0.25, 0.3) is 21.7 Å². The first-order valence-electron chi connectivity index (χ1n) is 12.3. The number of ether oxygens (including phenoxy) is 2. The fraction of sp³-hybridized carbons (Fsp3) is 0.194. The lowest BCUT2D eigenvalue weighted by Gasteiger charge is -2.47. The van der Waals surface area contributed by atoms with Gasteiger partial charge in [-0.25, -0.2) is 4.98 Å². The number of pyridine rings is 1. The van der Waals surface area contributed by atoms with Gasteiger partial charge in [-0.15, -0.1) is 0 Å². The number of hydrogen-bond donors (Lipinski definition) is 0. The molecule has 5 aromatic rings. The van der Waals surface area contributed by atoms with Crippen LogP contribution in [0.4, 0.5) is 0 Å². The Kier molecular flexibility index (Phi) is 5.14. The minimum Gasteiger partial charge on any atom is -0.439 e. The van der Waals surface area contributed by atoms with E-state index in [1.807, 2.05) is 12.1 Å². The van der Waals surface area contributed by atoms with Gasteiger partial charge in [-0.3, -0.25) is 4.90 Å². The van der Waals surface area contributed by atoms with Crippen molar-refractivity contribution in [3.63, 3.8) is 0 Å². The van der Waals surface area contributed by atoms with E-state index in [9.17, 15) is 0 Å². The zero-order valence-electron chi connectivity index (χ0n) is 19.9. The highest BCUT2D eigenvalue weighted by Gasteiger charge is 2.48. The summed E-state index contributed by atoms with van der Waals surface area (Å²) in [7, 11) is 2.12. The third-order valence-corrected chi connectivity index (χ3v) is 8.09. The van der Waals surface area contributed by atoms with Crippen LogP contribution in [-0.4, -0.2) is 30.2 Å². The summed E-state index contributed by atoms with van der Waals surface area (Å²) >= 11 is 3.64. The summed E-state index contributed by atoms with van der Waals surface area (Å²) in [5.74, 6) is 1.33. The van der Waals surface area contributed by atoms with Gasteiger partial charge in [-0.1, -0.05) is 70.5 Å². The van der Waals surface area contributed by atoms with Crippen LogP contribution in [0.15, 0.2) is 95.5 Å². The minimum atomic E-state index is -0.580. The Morgan fingerprint density at radius 1 is 0.917 bits per heavy atom. The predicted molar refractivity (Wildman–Crippen MR) is 147 cm³/mol. The molecule has 5 heteroatoms. The summed E-state index contributed by atoms with van der Waals surface area (Å²) in [6.07, 6.45) is 0.854. The molecule has 1 aromatic heterocycles. The van der Waals surface area contributed by atoms with Crippen LogP contribution < -0.4 is 4.74 Å². The summed E-state index contributed by atoms with van der Waals surface area (Å²) in [5, 5.41) is 3.42. The highest BCUT2D eigenvalue weighted by molar-refractivity contribution is 9.10. The summed E-state index contributed by atoms with van der Waals surface area (Å²) < 4.78 is 14.6. The Balaban J connectivity index is 1.61. The van der Waals surface area contributed by atoms with Crippen molar-refractivity contribution in [2.45, 2.75) is 17.9 Å². The molecule has 0 amide bonds. The molecule has 1 fully saturated rings. The standard InChI is InChI=1S/C31H25BrN2O2/c1-34-14-13-31(35-19-34)27-18-24(16-21-9-5-6-10-25(21)27)36-30-26(29(31)20-7-3-2-4-8-20)17-22-15-23(32)11-12-28(22)33-30/h2-12,15-18,29H,13-14,19H2,1H3/t29-,31+/m1/s1. The van der Waals surface area contributed by atoms with E-state index in [1.165, 1.54) is 16.5 Å². The number of aromatic nitrogens is 1. The SMILES string of the molecule is CN1CC[C@]2(OC1)c1cc(cc3ccccc13)Oc1nc3ccc(Br)cc3cc1[C@H]2c1ccccc1. The first kappa shape index (κ1) is 22.0. The van der Waals surface area contributed by atoms with E-state index in [4.69, 9.17) is 14.5 Å². The third-order valence-electron chi connectivity index (χ3n) is 7.59. The second-order valence-corrected chi connectivity index (χ2v) is 10.8. The van der Waals surface area contributed by atoms with E-state index in [0.717, 1.165) is 45.0 Å². The van der Waals surface area contributed by atoms with Crippen LogP contribution in [0, 0.1) is 0 Å². The molecule has 1 spiro atoms. The average molecular weight is 537 g/mol. The van der Waals surface area contributed by atoms with Crippen LogP contribution in [-0.2, 0) is 10.3 Å². The van der Waals surface area contributed by atoms with Crippen molar-refractivity contribution in [3.05, 3.63) is 112 Å². The molecule has 4 nitrogen and oxygen atoms in total. The van der Waals surface area contributed by atoms with Gasteiger partial charge >= 0.3 is 0 Å². The number of fused-ring (bicyclic) bond motifs is 7. The third kappa shape index (κ3) is 3.46. The lowest BCUT2D eigenvalue weighted by Crippen LogP contribution is -2.47. The maximum Gasteiger partial charge on any atom is 0.223 e. The van der Waals surface area contributed by atoms with E-state index in [0.29, 0.717) is 12.6 Å². The summed E-state index contributed by atoms with van der Waals surface area (Å²) in [6, 6.07) is 32.0. The Hall–Kier alpha value is -3.25. The van der Waals surface area contributed by atoms with Crippen molar-refractivity contribution in [2.75, 3.05) is 20.3 Å². The first-order chi connectivity index (χ1) is 17.6. The number of hydrogen-bond acceptors (Lipinski definition) is 4. The maximum atomic E-state index is 6.99.